The maximum absolute atomic E-state index is 13.4. The van der Waals surface area contributed by atoms with E-state index in [0.29, 0.717) is 21.8 Å². The number of methoxy groups -OCH3 is 1. The second-order valence-electron chi connectivity index (χ2n) is 8.23. The van der Waals surface area contributed by atoms with Gasteiger partial charge in [0.1, 0.15) is 11.0 Å². The summed E-state index contributed by atoms with van der Waals surface area (Å²) in [6.45, 7) is 1.48. The van der Waals surface area contributed by atoms with Crippen LogP contribution in [0.1, 0.15) is 6.42 Å². The van der Waals surface area contributed by atoms with E-state index in [2.05, 4.69) is 9.55 Å². The number of aryl methyl sites for hydroxylation is 1. The summed E-state index contributed by atoms with van der Waals surface area (Å²) in [4.78, 5) is 25.7. The van der Waals surface area contributed by atoms with E-state index in [4.69, 9.17) is 21.3 Å². The molecule has 5 rings (SSSR count). The van der Waals surface area contributed by atoms with Gasteiger partial charge in [-0.25, -0.2) is 9.97 Å². The lowest BCUT2D eigenvalue weighted by atomic mass is 10.2. The average Bonchev–Trinajstić information content (AvgIpc) is 3.42. The molecule has 0 saturated heterocycles. The van der Waals surface area contributed by atoms with Crippen molar-refractivity contribution >= 4 is 50.1 Å². The lowest BCUT2D eigenvalue weighted by molar-refractivity contribution is 0.191. The summed E-state index contributed by atoms with van der Waals surface area (Å²) in [5.74, 6) is 0.870. The molecule has 0 bridgehead atoms. The van der Waals surface area contributed by atoms with E-state index in [0.717, 1.165) is 46.1 Å². The molecular formula is C25H24ClN5O2S. The quantitative estimate of drug-likeness (QED) is 0.291. The molecule has 0 aliphatic heterocycles. The molecule has 0 fully saturated rings. The van der Waals surface area contributed by atoms with Crippen LogP contribution in [0, 0.1) is 0 Å². The predicted octanol–water partition coefficient (Wildman–Crippen LogP) is 5.22. The Labute approximate surface area is 205 Å². The Morgan fingerprint density at radius 3 is 2.62 bits per heavy atom. The summed E-state index contributed by atoms with van der Waals surface area (Å²) >= 11 is 7.46. The van der Waals surface area contributed by atoms with Crippen LogP contribution in [0.25, 0.3) is 37.4 Å². The van der Waals surface area contributed by atoms with Crippen LogP contribution in [0.3, 0.4) is 0 Å². The van der Waals surface area contributed by atoms with Crippen molar-refractivity contribution in [3.05, 3.63) is 70.2 Å². The molecule has 34 heavy (non-hydrogen) atoms. The van der Waals surface area contributed by atoms with E-state index in [1.807, 2.05) is 67.5 Å². The molecule has 0 atom stereocenters. The van der Waals surface area contributed by atoms with E-state index < -0.39 is 0 Å². The fraction of sp³-hybridized carbons (Fsp3) is 0.240. The first-order valence-corrected chi connectivity index (χ1v) is 12.1. The lowest BCUT2D eigenvalue weighted by Crippen LogP contribution is -2.17. The van der Waals surface area contributed by atoms with Gasteiger partial charge in [-0.1, -0.05) is 23.7 Å². The summed E-state index contributed by atoms with van der Waals surface area (Å²) in [5, 5.41) is 0.680. The number of rotatable bonds is 7. The minimum Gasteiger partial charge on any atom is -0.385 e. The second-order valence-corrected chi connectivity index (χ2v) is 9.72. The molecule has 9 heteroatoms. The zero-order valence-corrected chi connectivity index (χ0v) is 20.7. The molecule has 0 amide bonds. The van der Waals surface area contributed by atoms with Gasteiger partial charge >= 0.3 is 0 Å². The minimum absolute atomic E-state index is 0.0954. The number of nitrogens with zero attached hydrogens (tertiary/aromatic N) is 5. The number of hydrogen-bond donors (Lipinski definition) is 0. The van der Waals surface area contributed by atoms with Gasteiger partial charge in [0.05, 0.1) is 22.2 Å². The number of imidazole rings is 1. The van der Waals surface area contributed by atoms with Gasteiger partial charge in [0.2, 0.25) is 5.95 Å². The Morgan fingerprint density at radius 2 is 1.88 bits per heavy atom. The van der Waals surface area contributed by atoms with Crippen LogP contribution in [0.5, 0.6) is 0 Å². The molecule has 0 unspecified atom stereocenters. The van der Waals surface area contributed by atoms with E-state index in [-0.39, 0.29) is 5.56 Å². The van der Waals surface area contributed by atoms with Crippen LogP contribution in [0.2, 0.25) is 5.02 Å². The summed E-state index contributed by atoms with van der Waals surface area (Å²) in [6, 6.07) is 15.4. The maximum Gasteiger partial charge on any atom is 0.275 e. The standard InChI is InChI=1S/C25H24ClN5O2S/c1-29(2)25-28-19-13-18(9-10-21(19)30(25)11-4-12-33-3)31-15-27-20-14-22(34-23(20)24(31)32)16-5-7-17(26)8-6-16/h5-10,13-15H,4,11-12H2,1-3H3. The predicted molar refractivity (Wildman–Crippen MR) is 140 cm³/mol. The molecule has 0 radical (unpaired) electrons. The Kier molecular flexibility index (Phi) is 6.12. The topological polar surface area (TPSA) is 65.2 Å². The number of benzene rings is 2. The van der Waals surface area contributed by atoms with Gasteiger partial charge in [-0.2, -0.15) is 0 Å². The van der Waals surface area contributed by atoms with E-state index in [1.54, 1.807) is 18.0 Å². The van der Waals surface area contributed by atoms with Crippen LogP contribution in [0.15, 0.2) is 59.7 Å². The molecule has 0 spiro atoms. The first-order valence-electron chi connectivity index (χ1n) is 10.9. The molecule has 7 nitrogen and oxygen atoms in total. The summed E-state index contributed by atoms with van der Waals surface area (Å²) in [7, 11) is 5.67. The molecule has 2 aromatic carbocycles. The van der Waals surface area contributed by atoms with Gasteiger partial charge in [0.15, 0.2) is 0 Å². The number of fused-ring (bicyclic) bond motifs is 2. The zero-order chi connectivity index (χ0) is 23.8. The first-order chi connectivity index (χ1) is 16.5. The van der Waals surface area contributed by atoms with Crippen LogP contribution >= 0.6 is 22.9 Å². The third-order valence-corrected chi connectivity index (χ3v) is 7.10. The van der Waals surface area contributed by atoms with Crippen molar-refractivity contribution < 1.29 is 4.74 Å². The summed E-state index contributed by atoms with van der Waals surface area (Å²) < 4.78 is 9.60. The minimum atomic E-state index is -0.0954. The normalized spacial score (nSPS) is 11.5. The highest BCUT2D eigenvalue weighted by Crippen LogP contribution is 2.32. The van der Waals surface area contributed by atoms with Crippen molar-refractivity contribution in [3.63, 3.8) is 0 Å². The van der Waals surface area contributed by atoms with Gasteiger partial charge in [-0.15, -0.1) is 11.3 Å². The summed E-state index contributed by atoms with van der Waals surface area (Å²) in [6.07, 6.45) is 2.48. The highest BCUT2D eigenvalue weighted by molar-refractivity contribution is 7.22. The molecule has 5 aromatic rings. The van der Waals surface area contributed by atoms with Crippen molar-refractivity contribution in [1.29, 1.82) is 0 Å². The third kappa shape index (κ3) is 4.09. The molecule has 0 aliphatic rings. The molecular weight excluding hydrogens is 470 g/mol. The number of thiophene rings is 1. The van der Waals surface area contributed by atoms with Crippen LogP contribution < -0.4 is 10.5 Å². The number of ether oxygens (including phenoxy) is 1. The maximum atomic E-state index is 13.4. The highest BCUT2D eigenvalue weighted by Gasteiger charge is 2.15. The van der Waals surface area contributed by atoms with Gasteiger partial charge in [-0.05, 0) is 48.4 Å². The SMILES string of the molecule is COCCCn1c(N(C)C)nc2cc(-n3cnc4cc(-c5ccc(Cl)cc5)sc4c3=O)ccc21. The Bertz CT molecular complexity index is 1540. The van der Waals surface area contributed by atoms with Gasteiger partial charge in [0.25, 0.3) is 5.56 Å². The molecule has 3 aromatic heterocycles. The van der Waals surface area contributed by atoms with E-state index in [9.17, 15) is 4.79 Å². The highest BCUT2D eigenvalue weighted by atomic mass is 35.5. The number of hydrogen-bond acceptors (Lipinski definition) is 6. The van der Waals surface area contributed by atoms with Crippen molar-refractivity contribution in [2.75, 3.05) is 32.7 Å². The zero-order valence-electron chi connectivity index (χ0n) is 19.2. The van der Waals surface area contributed by atoms with Crippen LogP contribution in [0.4, 0.5) is 5.95 Å². The number of halogens is 1. The molecule has 174 valence electrons. The van der Waals surface area contributed by atoms with Gasteiger partial charge in [0, 0.05) is 44.3 Å². The number of aromatic nitrogens is 4. The molecule has 0 saturated carbocycles. The fourth-order valence-corrected chi connectivity index (χ4v) is 5.21. The molecule has 0 aliphatic carbocycles. The van der Waals surface area contributed by atoms with E-state index in [1.165, 1.54) is 11.3 Å². The van der Waals surface area contributed by atoms with Gasteiger partial charge < -0.3 is 14.2 Å². The van der Waals surface area contributed by atoms with E-state index >= 15 is 0 Å². The monoisotopic (exact) mass is 493 g/mol. The van der Waals surface area contributed by atoms with Crippen LogP contribution in [-0.4, -0.2) is 46.9 Å². The fourth-order valence-electron chi connectivity index (χ4n) is 4.04. The lowest BCUT2D eigenvalue weighted by Gasteiger charge is -2.14. The van der Waals surface area contributed by atoms with Crippen molar-refractivity contribution in [2.45, 2.75) is 13.0 Å². The van der Waals surface area contributed by atoms with Gasteiger partial charge in [-0.3, -0.25) is 9.36 Å². The summed E-state index contributed by atoms with van der Waals surface area (Å²) in [5.41, 5.74) is 4.19. The Morgan fingerprint density at radius 1 is 1.09 bits per heavy atom. The van der Waals surface area contributed by atoms with Crippen molar-refractivity contribution in [1.82, 2.24) is 19.1 Å². The first kappa shape index (κ1) is 22.6. The largest absolute Gasteiger partial charge is 0.385 e. The van der Waals surface area contributed by atoms with Crippen molar-refractivity contribution in [3.8, 4) is 16.1 Å². The van der Waals surface area contributed by atoms with Crippen molar-refractivity contribution in [2.24, 2.45) is 0 Å². The number of anilines is 1. The average molecular weight is 494 g/mol. The molecule has 0 N–H and O–H groups in total. The smallest absolute Gasteiger partial charge is 0.275 e. The third-order valence-electron chi connectivity index (χ3n) is 5.69. The Hall–Kier alpha value is -3.20. The molecule has 3 heterocycles. The Balaban J connectivity index is 1.56. The second kappa shape index (κ2) is 9.21. The van der Waals surface area contributed by atoms with Crippen LogP contribution in [-0.2, 0) is 11.3 Å².